The predicted octanol–water partition coefficient (Wildman–Crippen LogP) is 5.25. The second kappa shape index (κ2) is 7.11. The first kappa shape index (κ1) is 17.0. The summed E-state index contributed by atoms with van der Waals surface area (Å²) in [6, 6.07) is 0. The summed E-state index contributed by atoms with van der Waals surface area (Å²) >= 11 is 0. The number of hydrogen-bond donors (Lipinski definition) is 1. The van der Waals surface area contributed by atoms with E-state index in [1.165, 1.54) is 51.6 Å². The lowest BCUT2D eigenvalue weighted by Gasteiger charge is -2.44. The molecule has 0 radical (unpaired) electrons. The van der Waals surface area contributed by atoms with Gasteiger partial charge in [-0.1, -0.05) is 48.0 Å². The van der Waals surface area contributed by atoms with Gasteiger partial charge < -0.3 is 5.32 Å². The molecule has 0 aromatic rings. The van der Waals surface area contributed by atoms with E-state index in [0.29, 0.717) is 10.8 Å². The van der Waals surface area contributed by atoms with E-state index in [2.05, 4.69) is 46.9 Å². The lowest BCUT2D eigenvalue weighted by Crippen LogP contribution is -2.40. The molecule has 0 amide bonds. The first-order chi connectivity index (χ1) is 8.79. The summed E-state index contributed by atoms with van der Waals surface area (Å²) in [5.74, 6) is 1.70. The van der Waals surface area contributed by atoms with Crippen LogP contribution >= 0.6 is 0 Å². The molecule has 1 fully saturated rings. The Balaban J connectivity index is 2.51. The fourth-order valence-corrected chi connectivity index (χ4v) is 3.77. The van der Waals surface area contributed by atoms with Crippen molar-refractivity contribution in [2.45, 2.75) is 80.1 Å². The van der Waals surface area contributed by atoms with Crippen LogP contribution in [0.1, 0.15) is 80.1 Å². The van der Waals surface area contributed by atoms with Crippen molar-refractivity contribution in [2.75, 3.05) is 13.1 Å². The second-order valence-electron chi connectivity index (χ2n) is 8.42. The molecule has 1 nitrogen and oxygen atoms in total. The molecule has 1 aliphatic rings. The van der Waals surface area contributed by atoms with E-state index < -0.39 is 0 Å². The minimum absolute atomic E-state index is 0.504. The predicted molar refractivity (Wildman–Crippen MR) is 86.5 cm³/mol. The Morgan fingerprint density at radius 3 is 2.16 bits per heavy atom. The average molecular weight is 268 g/mol. The van der Waals surface area contributed by atoms with Gasteiger partial charge in [0.05, 0.1) is 0 Å². The first-order valence-corrected chi connectivity index (χ1v) is 8.50. The molecule has 0 spiro atoms. The fraction of sp³-hybridized carbons (Fsp3) is 1.00. The number of nitrogens with one attached hydrogen (secondary N) is 1. The third-order valence-corrected chi connectivity index (χ3v) is 5.10. The van der Waals surface area contributed by atoms with Crippen LogP contribution in [0, 0.1) is 22.7 Å². The molecule has 0 aromatic carbocycles. The lowest BCUT2D eigenvalue weighted by atomic mass is 9.62. The molecule has 0 atom stereocenters. The molecule has 0 unspecified atom stereocenters. The topological polar surface area (TPSA) is 12.0 Å². The Labute approximate surface area is 121 Å². The number of rotatable bonds is 6. The van der Waals surface area contributed by atoms with Crippen LogP contribution in [0.2, 0.25) is 0 Å². The van der Waals surface area contributed by atoms with E-state index in [1.54, 1.807) is 0 Å². The zero-order valence-electron chi connectivity index (χ0n) is 14.3. The molecule has 114 valence electrons. The van der Waals surface area contributed by atoms with E-state index in [4.69, 9.17) is 0 Å². The van der Waals surface area contributed by atoms with Crippen LogP contribution in [-0.4, -0.2) is 13.1 Å². The minimum atomic E-state index is 0.504. The molecule has 0 saturated heterocycles. The molecule has 0 aliphatic heterocycles. The van der Waals surface area contributed by atoms with Crippen molar-refractivity contribution in [2.24, 2.45) is 22.7 Å². The van der Waals surface area contributed by atoms with Crippen molar-refractivity contribution in [1.29, 1.82) is 0 Å². The molecule has 1 saturated carbocycles. The smallest absolute Gasteiger partial charge is 0.000792 e. The molecule has 0 aromatic heterocycles. The third kappa shape index (κ3) is 5.45. The zero-order valence-corrected chi connectivity index (χ0v) is 14.3. The fourth-order valence-electron chi connectivity index (χ4n) is 3.77. The SMILES string of the molecule is CCCC1(CNCC(C)C)CCC(C(C)(C)C)CC1. The molecular weight excluding hydrogens is 230 g/mol. The standard InChI is InChI=1S/C18H37N/c1-7-10-18(14-19-13-15(2)3)11-8-16(9-12-18)17(4,5)6/h15-16,19H,7-14H2,1-6H3. The summed E-state index contributed by atoms with van der Waals surface area (Å²) < 4.78 is 0. The molecule has 1 N–H and O–H groups in total. The Bertz CT molecular complexity index is 241. The molecule has 19 heavy (non-hydrogen) atoms. The molecule has 0 heterocycles. The van der Waals surface area contributed by atoms with Gasteiger partial charge in [0.2, 0.25) is 0 Å². The zero-order chi connectivity index (χ0) is 14.5. The van der Waals surface area contributed by atoms with E-state index in [9.17, 15) is 0 Å². The largest absolute Gasteiger partial charge is 0.316 e. The lowest BCUT2D eigenvalue weighted by molar-refractivity contribution is 0.0786. The summed E-state index contributed by atoms with van der Waals surface area (Å²) in [6.45, 7) is 16.6. The maximum absolute atomic E-state index is 3.73. The molecule has 1 aliphatic carbocycles. The van der Waals surface area contributed by atoms with Crippen LogP contribution in [0.3, 0.4) is 0 Å². The van der Waals surface area contributed by atoms with E-state index in [1.807, 2.05) is 0 Å². The van der Waals surface area contributed by atoms with Crippen LogP contribution in [0.5, 0.6) is 0 Å². The Hall–Kier alpha value is -0.0400. The van der Waals surface area contributed by atoms with Gasteiger partial charge in [-0.25, -0.2) is 0 Å². The van der Waals surface area contributed by atoms with Crippen LogP contribution in [0.15, 0.2) is 0 Å². The maximum Gasteiger partial charge on any atom is 0.000792 e. The van der Waals surface area contributed by atoms with Gasteiger partial charge in [-0.15, -0.1) is 0 Å². The third-order valence-electron chi connectivity index (χ3n) is 5.10. The van der Waals surface area contributed by atoms with Crippen LogP contribution in [0.25, 0.3) is 0 Å². The normalized spacial score (nSPS) is 28.9. The highest BCUT2D eigenvalue weighted by Gasteiger charge is 2.37. The molecule has 1 rings (SSSR count). The van der Waals surface area contributed by atoms with E-state index in [0.717, 1.165) is 11.8 Å². The first-order valence-electron chi connectivity index (χ1n) is 8.50. The summed E-state index contributed by atoms with van der Waals surface area (Å²) in [4.78, 5) is 0. The van der Waals surface area contributed by atoms with E-state index in [-0.39, 0.29) is 0 Å². The van der Waals surface area contributed by atoms with E-state index >= 15 is 0 Å². The van der Waals surface area contributed by atoms with Gasteiger partial charge in [-0.3, -0.25) is 0 Å². The van der Waals surface area contributed by atoms with Crippen molar-refractivity contribution in [1.82, 2.24) is 5.32 Å². The van der Waals surface area contributed by atoms with Crippen LogP contribution in [0.4, 0.5) is 0 Å². The quantitative estimate of drug-likeness (QED) is 0.692. The Kier molecular flexibility index (Phi) is 6.36. The van der Waals surface area contributed by atoms with Crippen molar-refractivity contribution in [3.63, 3.8) is 0 Å². The maximum atomic E-state index is 3.73. The van der Waals surface area contributed by atoms with Gasteiger partial charge >= 0.3 is 0 Å². The summed E-state index contributed by atoms with van der Waals surface area (Å²) in [5, 5.41) is 3.73. The summed E-state index contributed by atoms with van der Waals surface area (Å²) in [7, 11) is 0. The highest BCUT2D eigenvalue weighted by atomic mass is 14.9. The highest BCUT2D eigenvalue weighted by molar-refractivity contribution is 4.90. The number of hydrogen-bond acceptors (Lipinski definition) is 1. The molecule has 1 heteroatoms. The average Bonchev–Trinajstić information content (AvgIpc) is 2.28. The van der Waals surface area contributed by atoms with Gasteiger partial charge in [0.25, 0.3) is 0 Å². The van der Waals surface area contributed by atoms with Gasteiger partial charge in [-0.05, 0) is 61.3 Å². The summed E-state index contributed by atoms with van der Waals surface area (Å²) in [6.07, 6.45) is 8.50. The van der Waals surface area contributed by atoms with Crippen molar-refractivity contribution in [3.8, 4) is 0 Å². The van der Waals surface area contributed by atoms with Gasteiger partial charge in [0.15, 0.2) is 0 Å². The Morgan fingerprint density at radius 1 is 1.16 bits per heavy atom. The molecular formula is C18H37N. The van der Waals surface area contributed by atoms with Crippen molar-refractivity contribution in [3.05, 3.63) is 0 Å². The Morgan fingerprint density at radius 2 is 1.74 bits per heavy atom. The molecule has 0 bridgehead atoms. The minimum Gasteiger partial charge on any atom is -0.316 e. The van der Waals surface area contributed by atoms with Gasteiger partial charge in [0, 0.05) is 6.54 Å². The van der Waals surface area contributed by atoms with Crippen LogP contribution in [-0.2, 0) is 0 Å². The van der Waals surface area contributed by atoms with Gasteiger partial charge in [-0.2, -0.15) is 0 Å². The monoisotopic (exact) mass is 267 g/mol. The second-order valence-corrected chi connectivity index (χ2v) is 8.42. The van der Waals surface area contributed by atoms with Crippen molar-refractivity contribution >= 4 is 0 Å². The van der Waals surface area contributed by atoms with Gasteiger partial charge in [0.1, 0.15) is 0 Å². The summed E-state index contributed by atoms with van der Waals surface area (Å²) in [5.41, 5.74) is 1.11. The van der Waals surface area contributed by atoms with Crippen LogP contribution < -0.4 is 5.32 Å². The van der Waals surface area contributed by atoms with Crippen molar-refractivity contribution < 1.29 is 0 Å². The highest BCUT2D eigenvalue weighted by Crippen LogP contribution is 2.47.